The van der Waals surface area contributed by atoms with Gasteiger partial charge in [0, 0.05) is 23.2 Å². The van der Waals surface area contributed by atoms with E-state index < -0.39 is 0 Å². The van der Waals surface area contributed by atoms with Crippen molar-refractivity contribution in [2.24, 2.45) is 33.6 Å². The fourth-order valence-electron chi connectivity index (χ4n) is 5.34. The van der Waals surface area contributed by atoms with Crippen LogP contribution in [-0.4, -0.2) is 35.1 Å². The number of nitrogens with two attached hydrogens (primary N) is 1. The number of nitrogens with zero attached hydrogens (tertiary/aromatic N) is 3. The first-order valence-electron chi connectivity index (χ1n) is 9.89. The molecule has 1 aromatic heterocycles. The van der Waals surface area contributed by atoms with E-state index in [1.165, 1.54) is 38.6 Å². The number of rotatable bonds is 5. The molecule has 5 aliphatic rings. The number of fused-ring (bicyclic) bond motifs is 1. The maximum atomic E-state index is 6.20. The van der Waals surface area contributed by atoms with Crippen molar-refractivity contribution in [1.29, 1.82) is 0 Å². The monoisotopic (exact) mass is 352 g/mol. The Morgan fingerprint density at radius 2 is 2.12 bits per heavy atom. The largest absolute Gasteiger partial charge is 0.346 e. The molecular weight excluding hydrogens is 324 g/mol. The molecule has 0 amide bonds. The Kier molecular flexibility index (Phi) is 3.79. The maximum absolute atomic E-state index is 6.20. The molecular formula is C20H28N6. The average Bonchev–Trinajstić information content (AvgIpc) is 3.05. The molecule has 4 N–H and O–H groups in total. The number of hydrogen-bond donors (Lipinski definition) is 3. The van der Waals surface area contributed by atoms with E-state index >= 15 is 0 Å². The first-order chi connectivity index (χ1) is 12.7. The number of allylic oxidation sites excluding steroid dienone is 1. The van der Waals surface area contributed by atoms with E-state index in [1.54, 1.807) is 11.3 Å². The molecule has 4 aliphatic carbocycles. The van der Waals surface area contributed by atoms with Crippen molar-refractivity contribution in [3.8, 4) is 0 Å². The summed E-state index contributed by atoms with van der Waals surface area (Å²) in [7, 11) is 0. The van der Waals surface area contributed by atoms with Gasteiger partial charge in [-0.05, 0) is 76.1 Å². The van der Waals surface area contributed by atoms with Gasteiger partial charge in [-0.25, -0.2) is 10.8 Å². The van der Waals surface area contributed by atoms with Crippen LogP contribution in [0.4, 0.5) is 5.82 Å². The van der Waals surface area contributed by atoms with Crippen molar-refractivity contribution in [3.05, 3.63) is 23.5 Å². The maximum Gasteiger partial charge on any atom is 0.141 e. The normalized spacial score (nSPS) is 36.8. The van der Waals surface area contributed by atoms with Crippen LogP contribution in [0.3, 0.4) is 0 Å². The van der Waals surface area contributed by atoms with Gasteiger partial charge in [-0.1, -0.05) is 0 Å². The van der Waals surface area contributed by atoms with E-state index in [2.05, 4.69) is 27.0 Å². The van der Waals surface area contributed by atoms with Gasteiger partial charge in [0.25, 0.3) is 0 Å². The molecule has 0 atom stereocenters. The molecule has 6 heteroatoms. The van der Waals surface area contributed by atoms with E-state index in [4.69, 9.17) is 5.84 Å². The minimum absolute atomic E-state index is 0.425. The molecule has 2 bridgehead atoms. The quantitative estimate of drug-likeness (QED) is 0.562. The first kappa shape index (κ1) is 16.3. The first-order valence-corrected chi connectivity index (χ1v) is 9.89. The summed E-state index contributed by atoms with van der Waals surface area (Å²) in [5, 5.41) is 5.47. The lowest BCUT2D eigenvalue weighted by atomic mass is 9.50. The Hall–Kier alpha value is -1.92. The van der Waals surface area contributed by atoms with Crippen LogP contribution in [0.2, 0.25) is 0 Å². The number of H-pyrrole nitrogens is 1. The molecule has 1 aliphatic heterocycles. The third-order valence-corrected chi connectivity index (χ3v) is 7.00. The van der Waals surface area contributed by atoms with E-state index in [0.717, 1.165) is 47.5 Å². The van der Waals surface area contributed by atoms with Gasteiger partial charge in [0.15, 0.2) is 0 Å². The van der Waals surface area contributed by atoms with Crippen LogP contribution >= 0.6 is 0 Å². The van der Waals surface area contributed by atoms with Crippen molar-refractivity contribution >= 4 is 24.6 Å². The van der Waals surface area contributed by atoms with Crippen LogP contribution in [0.1, 0.15) is 50.5 Å². The van der Waals surface area contributed by atoms with E-state index in [0.29, 0.717) is 11.5 Å². The lowest BCUT2D eigenvalue weighted by Crippen LogP contribution is -2.67. The summed E-state index contributed by atoms with van der Waals surface area (Å²) in [6, 6.07) is 2.02. The number of aromatic amines is 1. The summed E-state index contributed by atoms with van der Waals surface area (Å²) in [4.78, 5) is 11.9. The Bertz CT molecular complexity index is 750. The summed E-state index contributed by atoms with van der Waals surface area (Å²) in [6.45, 7) is 5.04. The highest BCUT2D eigenvalue weighted by Crippen LogP contribution is 2.57. The molecule has 0 radical (unpaired) electrons. The molecule has 4 fully saturated rings. The Balaban J connectivity index is 1.27. The minimum atomic E-state index is 0.425. The van der Waals surface area contributed by atoms with Gasteiger partial charge < -0.3 is 10.3 Å². The van der Waals surface area contributed by atoms with Crippen LogP contribution in [0.25, 0.3) is 5.70 Å². The van der Waals surface area contributed by atoms with Crippen molar-refractivity contribution < 1.29 is 0 Å². The summed E-state index contributed by atoms with van der Waals surface area (Å²) in [5.41, 5.74) is 3.53. The van der Waals surface area contributed by atoms with Gasteiger partial charge in [0.1, 0.15) is 12.2 Å². The van der Waals surface area contributed by atoms with E-state index in [9.17, 15) is 0 Å². The van der Waals surface area contributed by atoms with Crippen LogP contribution in [0.15, 0.2) is 27.9 Å². The van der Waals surface area contributed by atoms with Crippen LogP contribution < -0.4 is 11.2 Å². The van der Waals surface area contributed by atoms with Crippen LogP contribution in [0.5, 0.6) is 0 Å². The number of hydrazine groups is 1. The molecule has 2 heterocycles. The molecule has 0 spiro atoms. The molecule has 0 saturated heterocycles. The fraction of sp³-hybridized carbons (Fsp3) is 0.600. The number of hydrogen-bond acceptors (Lipinski definition) is 5. The third-order valence-electron chi connectivity index (χ3n) is 7.00. The van der Waals surface area contributed by atoms with Gasteiger partial charge in [0.05, 0.1) is 11.4 Å². The van der Waals surface area contributed by atoms with Crippen LogP contribution in [-0.2, 0) is 0 Å². The Morgan fingerprint density at radius 3 is 2.77 bits per heavy atom. The molecule has 6 rings (SSSR count). The zero-order chi connectivity index (χ0) is 17.7. The summed E-state index contributed by atoms with van der Waals surface area (Å²) < 4.78 is 0. The molecule has 6 nitrogen and oxygen atoms in total. The molecule has 138 valence electrons. The van der Waals surface area contributed by atoms with Crippen LogP contribution in [0, 0.1) is 17.8 Å². The number of aliphatic imine (C=N–C) groups is 2. The Labute approximate surface area is 154 Å². The third kappa shape index (κ3) is 2.55. The van der Waals surface area contributed by atoms with Crippen molar-refractivity contribution in [1.82, 2.24) is 15.3 Å². The highest BCUT2D eigenvalue weighted by molar-refractivity contribution is 5.87. The number of nitrogens with one attached hydrogen (secondary N) is 2. The molecule has 26 heavy (non-hydrogen) atoms. The topological polar surface area (TPSA) is 81.8 Å². The highest BCUT2D eigenvalue weighted by Gasteiger charge is 2.56. The Morgan fingerprint density at radius 1 is 1.35 bits per heavy atom. The van der Waals surface area contributed by atoms with Crippen molar-refractivity contribution in [3.63, 3.8) is 0 Å². The standard InChI is InChI=1S/C20H28N6/c1-22-17(18-16-6-7-23-19(16)24-12-26(18)21)15-4-2-13(3-5-15)11-25-20-8-14(9-20)10-20/h6-7,12-15,23,25H,1-5,8-11,21H2/b18-17-/t13-,14?,15-,20?. The van der Waals surface area contributed by atoms with Gasteiger partial charge in [-0.2, -0.15) is 0 Å². The van der Waals surface area contributed by atoms with Gasteiger partial charge in [-0.15, -0.1) is 0 Å². The van der Waals surface area contributed by atoms with E-state index in [1.807, 2.05) is 12.3 Å². The summed E-state index contributed by atoms with van der Waals surface area (Å²) in [5.74, 6) is 9.31. The lowest BCUT2D eigenvalue weighted by Gasteiger charge is -2.62. The molecule has 4 saturated carbocycles. The smallest absolute Gasteiger partial charge is 0.141 e. The predicted octanol–water partition coefficient (Wildman–Crippen LogP) is 3.18. The average molecular weight is 352 g/mol. The van der Waals surface area contributed by atoms with Crippen molar-refractivity contribution in [2.75, 3.05) is 6.54 Å². The second kappa shape index (κ2) is 6.06. The zero-order valence-corrected chi connectivity index (χ0v) is 15.2. The predicted molar refractivity (Wildman–Crippen MR) is 105 cm³/mol. The SMILES string of the molecule is C=N/C(=C1/c2cc[nH]c2N=CN1N)[C@H]1CC[C@H](CNC23CC(C2)C3)CC1. The highest BCUT2D eigenvalue weighted by atomic mass is 15.4. The fourth-order valence-corrected chi connectivity index (χ4v) is 5.34. The zero-order valence-electron chi connectivity index (χ0n) is 15.2. The van der Waals surface area contributed by atoms with Gasteiger partial charge in [-0.3, -0.25) is 10.0 Å². The lowest BCUT2D eigenvalue weighted by molar-refractivity contribution is -0.0538. The van der Waals surface area contributed by atoms with Crippen molar-refractivity contribution in [2.45, 2.75) is 50.5 Å². The second-order valence-corrected chi connectivity index (χ2v) is 8.64. The van der Waals surface area contributed by atoms with Gasteiger partial charge in [0.2, 0.25) is 0 Å². The molecule has 0 aromatic carbocycles. The minimum Gasteiger partial charge on any atom is -0.346 e. The number of aromatic nitrogens is 1. The van der Waals surface area contributed by atoms with E-state index in [-0.39, 0.29) is 0 Å². The molecule has 0 unspecified atom stereocenters. The van der Waals surface area contributed by atoms with Gasteiger partial charge >= 0.3 is 0 Å². The molecule has 1 aromatic rings. The second-order valence-electron chi connectivity index (χ2n) is 8.64. The summed E-state index contributed by atoms with van der Waals surface area (Å²) >= 11 is 0. The summed E-state index contributed by atoms with van der Waals surface area (Å²) in [6.07, 6.45) is 12.6.